The van der Waals surface area contributed by atoms with Gasteiger partial charge in [-0.25, -0.2) is 8.42 Å². The number of hydrogen-bond donors (Lipinski definition) is 0. The summed E-state index contributed by atoms with van der Waals surface area (Å²) in [7, 11) is 1.08. The second kappa shape index (κ2) is 9.41. The number of hydrogen-bond acceptors (Lipinski definition) is 4. The molecule has 3 aromatic rings. The van der Waals surface area contributed by atoms with Crippen LogP contribution >= 0.6 is 11.6 Å². The van der Waals surface area contributed by atoms with Crippen molar-refractivity contribution in [3.8, 4) is 5.75 Å². The first-order valence-electron chi connectivity index (χ1n) is 9.46. The molecule has 1 amide bonds. The molecule has 0 spiro atoms. The molecule has 0 atom stereocenters. The summed E-state index contributed by atoms with van der Waals surface area (Å²) in [5.41, 5.74) is 2.04. The zero-order valence-corrected chi connectivity index (χ0v) is 19.0. The lowest BCUT2D eigenvalue weighted by molar-refractivity contribution is -0.117. The van der Waals surface area contributed by atoms with Crippen LogP contribution in [0.2, 0.25) is 5.02 Å². The van der Waals surface area contributed by atoms with Crippen LogP contribution in [-0.2, 0) is 21.2 Å². The predicted molar refractivity (Wildman–Crippen MR) is 124 cm³/mol. The summed E-state index contributed by atoms with van der Waals surface area (Å²) in [4.78, 5) is 14.4. The molecule has 0 bridgehead atoms. The van der Waals surface area contributed by atoms with E-state index in [1.165, 1.54) is 35.6 Å². The summed E-state index contributed by atoms with van der Waals surface area (Å²) in [6.45, 7) is 0. The predicted octanol–water partition coefficient (Wildman–Crippen LogP) is 4.38. The molecule has 0 aromatic heterocycles. The van der Waals surface area contributed by atoms with Crippen molar-refractivity contribution >= 4 is 38.9 Å². The zero-order valence-electron chi connectivity index (χ0n) is 17.4. The van der Waals surface area contributed by atoms with Gasteiger partial charge in [0.1, 0.15) is 5.75 Å². The molecule has 0 aliphatic heterocycles. The van der Waals surface area contributed by atoms with E-state index >= 15 is 0 Å². The molecule has 0 heterocycles. The van der Waals surface area contributed by atoms with Crippen LogP contribution in [0, 0.1) is 0 Å². The lowest BCUT2D eigenvalue weighted by Crippen LogP contribution is -2.28. The van der Waals surface area contributed by atoms with Crippen LogP contribution in [0.5, 0.6) is 5.75 Å². The van der Waals surface area contributed by atoms with Gasteiger partial charge in [-0.05, 0) is 66.2 Å². The Hall–Kier alpha value is -3.03. The zero-order chi connectivity index (χ0) is 22.6. The minimum Gasteiger partial charge on any atom is -0.497 e. The highest BCUT2D eigenvalue weighted by Crippen LogP contribution is 2.24. The molecule has 31 heavy (non-hydrogen) atoms. The smallest absolute Gasteiger partial charge is 0.264 e. The van der Waals surface area contributed by atoms with Crippen LogP contribution in [0.4, 0.5) is 11.4 Å². The number of amides is 1. The first-order chi connectivity index (χ1) is 14.7. The van der Waals surface area contributed by atoms with Crippen molar-refractivity contribution in [1.82, 2.24) is 0 Å². The highest BCUT2D eigenvalue weighted by molar-refractivity contribution is 7.92. The van der Waals surface area contributed by atoms with Crippen molar-refractivity contribution in [2.75, 3.05) is 30.4 Å². The van der Waals surface area contributed by atoms with Crippen LogP contribution in [0.3, 0.4) is 0 Å². The van der Waals surface area contributed by atoms with Gasteiger partial charge in [0.15, 0.2) is 0 Å². The van der Waals surface area contributed by atoms with Gasteiger partial charge in [-0.1, -0.05) is 23.7 Å². The highest BCUT2D eigenvalue weighted by atomic mass is 35.5. The summed E-state index contributed by atoms with van der Waals surface area (Å²) in [5, 5.41) is 0.468. The van der Waals surface area contributed by atoms with Crippen molar-refractivity contribution in [3.63, 3.8) is 0 Å². The van der Waals surface area contributed by atoms with Crippen molar-refractivity contribution in [2.45, 2.75) is 11.3 Å². The Morgan fingerprint density at radius 3 is 1.97 bits per heavy atom. The molecular weight excluding hydrogens is 436 g/mol. The van der Waals surface area contributed by atoms with Crippen molar-refractivity contribution < 1.29 is 17.9 Å². The minimum atomic E-state index is -3.71. The SMILES string of the molecule is COc1ccc(N(C)C(=O)Cc2ccc(N(C)S(=O)(=O)c3ccc(Cl)cc3)cc2)cc1. The molecule has 0 radical (unpaired) electrons. The number of likely N-dealkylation sites (N-methyl/N-ethyl adjacent to an activating group) is 1. The molecule has 8 heteroatoms. The molecule has 0 saturated heterocycles. The van der Waals surface area contributed by atoms with Crippen LogP contribution in [-0.4, -0.2) is 35.5 Å². The van der Waals surface area contributed by atoms with Crippen LogP contribution in [0.1, 0.15) is 5.56 Å². The average molecular weight is 459 g/mol. The summed E-state index contributed by atoms with van der Waals surface area (Å²) in [5.74, 6) is 0.637. The number of methoxy groups -OCH3 is 1. The maximum atomic E-state index is 12.8. The van der Waals surface area contributed by atoms with Gasteiger partial charge in [-0.2, -0.15) is 0 Å². The van der Waals surface area contributed by atoms with Gasteiger partial charge >= 0.3 is 0 Å². The fourth-order valence-corrected chi connectivity index (χ4v) is 4.29. The normalized spacial score (nSPS) is 11.1. The van der Waals surface area contributed by atoms with Crippen molar-refractivity contribution in [1.29, 1.82) is 0 Å². The van der Waals surface area contributed by atoms with E-state index in [0.717, 1.165) is 17.0 Å². The second-order valence-corrected chi connectivity index (χ2v) is 9.33. The van der Waals surface area contributed by atoms with E-state index in [1.807, 2.05) is 12.1 Å². The topological polar surface area (TPSA) is 66.9 Å². The van der Waals surface area contributed by atoms with Gasteiger partial charge in [0.25, 0.3) is 10.0 Å². The van der Waals surface area contributed by atoms with E-state index in [-0.39, 0.29) is 17.2 Å². The standard InChI is InChI=1S/C23H23ClN2O4S/c1-25(19-10-12-21(30-3)13-11-19)23(27)16-17-4-8-20(9-5-17)26(2)31(28,29)22-14-6-18(24)7-15-22/h4-15H,16H2,1-3H3. The molecule has 0 aliphatic rings. The number of nitrogens with zero attached hydrogens (tertiary/aromatic N) is 2. The average Bonchev–Trinajstić information content (AvgIpc) is 2.79. The van der Waals surface area contributed by atoms with Gasteiger partial charge in [0, 0.05) is 24.8 Å². The Balaban J connectivity index is 1.70. The largest absolute Gasteiger partial charge is 0.497 e. The van der Waals surface area contributed by atoms with Gasteiger partial charge in [0.05, 0.1) is 24.1 Å². The van der Waals surface area contributed by atoms with Gasteiger partial charge in [-0.15, -0.1) is 0 Å². The Labute approximate surface area is 187 Å². The first-order valence-corrected chi connectivity index (χ1v) is 11.3. The third-order valence-electron chi connectivity index (χ3n) is 4.96. The number of ether oxygens (including phenoxy) is 1. The fourth-order valence-electron chi connectivity index (χ4n) is 2.97. The Bertz CT molecular complexity index is 1150. The van der Waals surface area contributed by atoms with E-state index < -0.39 is 10.0 Å². The summed E-state index contributed by atoms with van der Waals surface area (Å²) < 4.78 is 32.0. The lowest BCUT2D eigenvalue weighted by atomic mass is 10.1. The monoisotopic (exact) mass is 458 g/mol. The Morgan fingerprint density at radius 2 is 1.42 bits per heavy atom. The molecule has 0 aliphatic carbocycles. The molecule has 6 nitrogen and oxygen atoms in total. The van der Waals surface area contributed by atoms with E-state index in [1.54, 1.807) is 55.5 Å². The number of halogens is 1. The third kappa shape index (κ3) is 5.18. The molecule has 0 saturated carbocycles. The second-order valence-electron chi connectivity index (χ2n) is 6.92. The number of benzene rings is 3. The third-order valence-corrected chi connectivity index (χ3v) is 7.01. The number of sulfonamides is 1. The fraction of sp³-hybridized carbons (Fsp3) is 0.174. The first kappa shape index (κ1) is 22.7. The van der Waals surface area contributed by atoms with E-state index in [9.17, 15) is 13.2 Å². The Morgan fingerprint density at radius 1 is 0.871 bits per heavy atom. The number of carbonyl (C=O) groups excluding carboxylic acids is 1. The number of anilines is 2. The van der Waals surface area contributed by atoms with E-state index in [4.69, 9.17) is 16.3 Å². The van der Waals surface area contributed by atoms with Crippen molar-refractivity contribution in [2.24, 2.45) is 0 Å². The number of carbonyl (C=O) groups is 1. The van der Waals surface area contributed by atoms with Gasteiger partial charge in [0.2, 0.25) is 5.91 Å². The lowest BCUT2D eigenvalue weighted by Gasteiger charge is -2.20. The minimum absolute atomic E-state index is 0.0833. The molecule has 0 N–H and O–H groups in total. The summed E-state index contributed by atoms with van der Waals surface area (Å²) in [6, 6.07) is 20.1. The van der Waals surface area contributed by atoms with Crippen LogP contribution < -0.4 is 13.9 Å². The molecule has 3 aromatic carbocycles. The maximum absolute atomic E-state index is 12.8. The molecular formula is C23H23ClN2O4S. The quantitative estimate of drug-likeness (QED) is 0.527. The van der Waals surface area contributed by atoms with E-state index in [0.29, 0.717) is 10.7 Å². The number of rotatable bonds is 7. The molecule has 162 valence electrons. The highest BCUT2D eigenvalue weighted by Gasteiger charge is 2.21. The van der Waals surface area contributed by atoms with Crippen LogP contribution in [0.15, 0.2) is 77.7 Å². The molecule has 0 fully saturated rings. The Kier molecular flexibility index (Phi) is 6.87. The molecule has 0 unspecified atom stereocenters. The summed E-state index contributed by atoms with van der Waals surface area (Å²) in [6.07, 6.45) is 0.191. The maximum Gasteiger partial charge on any atom is 0.264 e. The molecule has 3 rings (SSSR count). The van der Waals surface area contributed by atoms with Crippen molar-refractivity contribution in [3.05, 3.63) is 83.4 Å². The van der Waals surface area contributed by atoms with Crippen LogP contribution in [0.25, 0.3) is 0 Å². The van der Waals surface area contributed by atoms with Gasteiger partial charge < -0.3 is 9.64 Å². The van der Waals surface area contributed by atoms with E-state index in [2.05, 4.69) is 0 Å². The summed E-state index contributed by atoms with van der Waals surface area (Å²) >= 11 is 5.85. The van der Waals surface area contributed by atoms with Gasteiger partial charge in [-0.3, -0.25) is 9.10 Å².